The minimum Gasteiger partial charge on any atom is -0.492 e. The summed E-state index contributed by atoms with van der Waals surface area (Å²) in [6.45, 7) is 5.98. The minimum absolute atomic E-state index is 0.00975. The van der Waals surface area contributed by atoms with Crippen LogP contribution in [0.2, 0.25) is 0 Å². The van der Waals surface area contributed by atoms with E-state index in [1.54, 1.807) is 0 Å². The van der Waals surface area contributed by atoms with Gasteiger partial charge in [-0.1, -0.05) is 20.8 Å². The molecule has 0 bridgehead atoms. The van der Waals surface area contributed by atoms with Crippen LogP contribution in [-0.2, 0) is 9.05 Å². The molecule has 0 saturated carbocycles. The zero-order valence-corrected chi connectivity index (χ0v) is 12.3. The molecule has 0 aliphatic rings. The van der Waals surface area contributed by atoms with Crippen molar-refractivity contribution in [3.63, 3.8) is 0 Å². The number of nitro groups is 1. The van der Waals surface area contributed by atoms with E-state index in [2.05, 4.69) is 0 Å². The Kier molecular flexibility index (Phi) is 4.42. The Bertz CT molecular complexity index is 592. The zero-order valence-electron chi connectivity index (χ0n) is 10.7. The highest BCUT2D eigenvalue weighted by Crippen LogP contribution is 2.31. The number of non-ortho nitro benzene ring substituents is 1. The Labute approximate surface area is 115 Å². The van der Waals surface area contributed by atoms with Crippen molar-refractivity contribution < 1.29 is 18.1 Å². The number of rotatable bonds is 4. The van der Waals surface area contributed by atoms with Crippen LogP contribution in [-0.4, -0.2) is 19.9 Å². The highest BCUT2D eigenvalue weighted by Gasteiger charge is 2.22. The molecule has 0 atom stereocenters. The Morgan fingerprint density at radius 2 is 1.95 bits per heavy atom. The number of ether oxygens (including phenoxy) is 1. The van der Waals surface area contributed by atoms with Gasteiger partial charge in [-0.15, -0.1) is 0 Å². The van der Waals surface area contributed by atoms with Crippen LogP contribution in [0.5, 0.6) is 5.75 Å². The van der Waals surface area contributed by atoms with E-state index in [1.807, 2.05) is 20.8 Å². The molecule has 0 aliphatic carbocycles. The maximum atomic E-state index is 11.4. The van der Waals surface area contributed by atoms with Crippen molar-refractivity contribution in [1.29, 1.82) is 0 Å². The average molecular weight is 308 g/mol. The van der Waals surface area contributed by atoms with Crippen molar-refractivity contribution >= 4 is 25.4 Å². The van der Waals surface area contributed by atoms with Gasteiger partial charge in [0.15, 0.2) is 0 Å². The van der Waals surface area contributed by atoms with Gasteiger partial charge < -0.3 is 4.74 Å². The van der Waals surface area contributed by atoms with E-state index in [-0.39, 0.29) is 23.5 Å². The summed E-state index contributed by atoms with van der Waals surface area (Å²) in [6, 6.07) is 3.29. The first kappa shape index (κ1) is 15.7. The van der Waals surface area contributed by atoms with Crippen LogP contribution in [0, 0.1) is 15.5 Å². The second-order valence-corrected chi connectivity index (χ2v) is 7.71. The van der Waals surface area contributed by atoms with Crippen molar-refractivity contribution in [3.05, 3.63) is 28.3 Å². The lowest BCUT2D eigenvalue weighted by atomic mass is 9.99. The van der Waals surface area contributed by atoms with E-state index in [9.17, 15) is 18.5 Å². The Balaban J connectivity index is 3.21. The molecule has 6 nitrogen and oxygen atoms in total. The van der Waals surface area contributed by atoms with Gasteiger partial charge in [-0.25, -0.2) is 8.42 Å². The smallest absolute Gasteiger partial charge is 0.271 e. The van der Waals surface area contributed by atoms with Gasteiger partial charge in [-0.05, 0) is 11.5 Å². The van der Waals surface area contributed by atoms with Crippen LogP contribution < -0.4 is 4.74 Å². The molecule has 8 heteroatoms. The summed E-state index contributed by atoms with van der Waals surface area (Å²) < 4.78 is 28.2. The molecule has 1 aromatic rings. The van der Waals surface area contributed by atoms with E-state index in [0.29, 0.717) is 0 Å². The van der Waals surface area contributed by atoms with E-state index >= 15 is 0 Å². The molecule has 0 N–H and O–H groups in total. The van der Waals surface area contributed by atoms with Crippen LogP contribution in [0.15, 0.2) is 23.1 Å². The topological polar surface area (TPSA) is 86.5 Å². The number of hydrogen-bond donors (Lipinski definition) is 0. The fraction of sp³-hybridized carbons (Fsp3) is 0.455. The molecule has 0 radical (unpaired) electrons. The average Bonchev–Trinajstić information content (AvgIpc) is 2.23. The Morgan fingerprint density at radius 3 is 2.37 bits per heavy atom. The van der Waals surface area contributed by atoms with Crippen molar-refractivity contribution in [2.24, 2.45) is 5.41 Å². The second kappa shape index (κ2) is 5.34. The van der Waals surface area contributed by atoms with Crippen LogP contribution in [0.1, 0.15) is 20.8 Å². The fourth-order valence-corrected chi connectivity index (χ4v) is 2.20. The lowest BCUT2D eigenvalue weighted by Crippen LogP contribution is -2.17. The van der Waals surface area contributed by atoms with Crippen LogP contribution in [0.25, 0.3) is 0 Å². The van der Waals surface area contributed by atoms with Crippen molar-refractivity contribution in [3.8, 4) is 5.75 Å². The maximum absolute atomic E-state index is 11.4. The first-order chi connectivity index (χ1) is 8.50. The molecule has 0 aliphatic heterocycles. The van der Waals surface area contributed by atoms with Gasteiger partial charge >= 0.3 is 0 Å². The van der Waals surface area contributed by atoms with Crippen molar-refractivity contribution in [2.75, 3.05) is 6.61 Å². The summed E-state index contributed by atoms with van der Waals surface area (Å²) >= 11 is 0. The van der Waals surface area contributed by atoms with Crippen LogP contribution in [0.3, 0.4) is 0 Å². The van der Waals surface area contributed by atoms with Gasteiger partial charge in [-0.3, -0.25) is 10.1 Å². The molecule has 0 aromatic heterocycles. The van der Waals surface area contributed by atoms with Crippen molar-refractivity contribution in [1.82, 2.24) is 0 Å². The van der Waals surface area contributed by atoms with Gasteiger partial charge in [0, 0.05) is 22.8 Å². The molecular weight excluding hydrogens is 294 g/mol. The summed E-state index contributed by atoms with van der Waals surface area (Å²) in [5, 5.41) is 10.6. The minimum atomic E-state index is -4.11. The zero-order chi connectivity index (χ0) is 14.8. The van der Waals surface area contributed by atoms with E-state index in [0.717, 1.165) is 6.07 Å². The number of benzene rings is 1. The third-order valence-corrected chi connectivity index (χ3v) is 3.40. The molecule has 1 aromatic carbocycles. The second-order valence-electron chi connectivity index (χ2n) is 5.18. The molecule has 0 fully saturated rings. The summed E-state index contributed by atoms with van der Waals surface area (Å²) in [6.07, 6.45) is 0. The molecule has 0 spiro atoms. The van der Waals surface area contributed by atoms with Gasteiger partial charge in [-0.2, -0.15) is 0 Å². The lowest BCUT2D eigenvalue weighted by Gasteiger charge is -2.19. The lowest BCUT2D eigenvalue weighted by molar-refractivity contribution is -0.385. The molecule has 0 amide bonds. The third kappa shape index (κ3) is 4.68. The normalized spacial score (nSPS) is 12.2. The summed E-state index contributed by atoms with van der Waals surface area (Å²) in [7, 11) is 1.15. The van der Waals surface area contributed by atoms with Crippen LogP contribution >= 0.6 is 10.7 Å². The number of halogens is 1. The number of nitrogens with zero attached hydrogens (tertiary/aromatic N) is 1. The SMILES string of the molecule is CC(C)(C)COc1ccc([N+](=O)[O-])cc1S(=O)(=O)Cl. The summed E-state index contributed by atoms with van der Waals surface area (Å²) in [5.41, 5.74) is -0.544. The predicted molar refractivity (Wildman–Crippen MR) is 71.1 cm³/mol. The van der Waals surface area contributed by atoms with Gasteiger partial charge in [0.25, 0.3) is 14.7 Å². The predicted octanol–water partition coefficient (Wildman–Crippen LogP) is 2.95. The van der Waals surface area contributed by atoms with Crippen LogP contribution in [0.4, 0.5) is 5.69 Å². The first-order valence-corrected chi connectivity index (χ1v) is 7.67. The quantitative estimate of drug-likeness (QED) is 0.485. The molecule has 106 valence electrons. The standard InChI is InChI=1S/C11H14ClNO5S/c1-11(2,3)7-18-9-5-4-8(13(14)15)6-10(9)19(12,16)17/h4-6H,7H2,1-3H3. The molecule has 0 unspecified atom stereocenters. The van der Waals surface area contributed by atoms with Gasteiger partial charge in [0.2, 0.25) is 0 Å². The molecule has 1 rings (SSSR count). The number of hydrogen-bond acceptors (Lipinski definition) is 5. The first-order valence-electron chi connectivity index (χ1n) is 5.36. The fourth-order valence-electron chi connectivity index (χ4n) is 1.21. The Morgan fingerprint density at radius 1 is 1.37 bits per heavy atom. The van der Waals surface area contributed by atoms with E-state index < -0.39 is 18.9 Å². The van der Waals surface area contributed by atoms with Gasteiger partial charge in [0.1, 0.15) is 10.6 Å². The summed E-state index contributed by atoms with van der Waals surface area (Å²) in [4.78, 5) is 9.54. The van der Waals surface area contributed by atoms with Gasteiger partial charge in [0.05, 0.1) is 11.5 Å². The largest absolute Gasteiger partial charge is 0.492 e. The monoisotopic (exact) mass is 307 g/mol. The van der Waals surface area contributed by atoms with Crippen molar-refractivity contribution in [2.45, 2.75) is 25.7 Å². The summed E-state index contributed by atoms with van der Waals surface area (Å²) in [5.74, 6) is 0.00975. The molecular formula is C11H14ClNO5S. The molecule has 0 saturated heterocycles. The number of nitro benzene ring substituents is 1. The maximum Gasteiger partial charge on any atom is 0.271 e. The highest BCUT2D eigenvalue weighted by molar-refractivity contribution is 8.13. The molecule has 19 heavy (non-hydrogen) atoms. The third-order valence-electron chi connectivity index (χ3n) is 2.06. The highest BCUT2D eigenvalue weighted by atomic mass is 35.7. The molecule has 0 heterocycles. The Hall–Kier alpha value is -1.34. The van der Waals surface area contributed by atoms with E-state index in [1.165, 1.54) is 12.1 Å². The van der Waals surface area contributed by atoms with E-state index in [4.69, 9.17) is 15.4 Å².